The predicted molar refractivity (Wildman–Crippen MR) is 139 cm³/mol. The first-order valence-corrected chi connectivity index (χ1v) is 12.0. The normalized spacial score (nSPS) is 23.6. The summed E-state index contributed by atoms with van der Waals surface area (Å²) in [4.78, 5) is 2.72. The summed E-state index contributed by atoms with van der Waals surface area (Å²) in [5.74, 6) is 0. The zero-order chi connectivity index (χ0) is 21.9. The van der Waals surface area contributed by atoms with E-state index in [-0.39, 0.29) is 7.43 Å². The first-order chi connectivity index (χ1) is 14.8. The Labute approximate surface area is 192 Å². The van der Waals surface area contributed by atoms with Crippen LogP contribution in [0.25, 0.3) is 0 Å². The lowest BCUT2D eigenvalue weighted by Crippen LogP contribution is -2.46. The average Bonchev–Trinajstić information content (AvgIpc) is 3.39. The number of nitrogens with one attached hydrogen (secondary N) is 1. The summed E-state index contributed by atoms with van der Waals surface area (Å²) in [6.07, 6.45) is 14.5. The quantitative estimate of drug-likeness (QED) is 0.475. The van der Waals surface area contributed by atoms with Crippen molar-refractivity contribution in [2.45, 2.75) is 92.3 Å². The van der Waals surface area contributed by atoms with Crippen LogP contribution in [0.3, 0.4) is 0 Å². The Morgan fingerprint density at radius 2 is 1.84 bits per heavy atom. The van der Waals surface area contributed by atoms with Crippen molar-refractivity contribution >= 4 is 11.4 Å². The molecule has 0 aliphatic carbocycles. The second-order valence-corrected chi connectivity index (χ2v) is 7.65. The van der Waals surface area contributed by atoms with E-state index in [0.717, 1.165) is 31.4 Å². The maximum absolute atomic E-state index is 6.28. The monoisotopic (exact) mass is 426 g/mol. The third-order valence-electron chi connectivity index (χ3n) is 6.06. The van der Waals surface area contributed by atoms with Gasteiger partial charge in [-0.1, -0.05) is 72.1 Å². The van der Waals surface area contributed by atoms with Gasteiger partial charge in [0, 0.05) is 35.6 Å². The fourth-order valence-electron chi connectivity index (χ4n) is 4.83. The van der Waals surface area contributed by atoms with Crippen molar-refractivity contribution in [2.24, 2.45) is 0 Å². The van der Waals surface area contributed by atoms with Crippen molar-refractivity contribution in [3.05, 3.63) is 60.2 Å². The standard InChI is InChI=1S/C23H30N2O.2C2H6.CH4/c1-3-5-7-17(4-2)16-26-20-14-18-10-11-19(15-20)25(18)23-9-6-8-22-21(23)12-13-24-22;2*1-2;/h3-9,18-20,24H,2,10-16H2,1H3;2*1-2H3;1H4/b5-3-,17-7+;;;. The molecule has 0 saturated carbocycles. The summed E-state index contributed by atoms with van der Waals surface area (Å²) in [7, 11) is 0. The molecule has 0 aromatic heterocycles. The molecular weight excluding hydrogens is 380 g/mol. The Bertz CT molecular complexity index is 708. The first-order valence-electron chi connectivity index (χ1n) is 12.0. The molecule has 174 valence electrons. The van der Waals surface area contributed by atoms with E-state index in [4.69, 9.17) is 4.74 Å². The molecule has 0 amide bonds. The largest absolute Gasteiger partial charge is 0.384 e. The molecule has 0 radical (unpaired) electrons. The molecule has 3 aliphatic heterocycles. The highest BCUT2D eigenvalue weighted by Gasteiger charge is 2.42. The van der Waals surface area contributed by atoms with Crippen LogP contribution in [0.5, 0.6) is 0 Å². The smallest absolute Gasteiger partial charge is 0.0720 e. The van der Waals surface area contributed by atoms with E-state index in [2.05, 4.69) is 47.1 Å². The maximum Gasteiger partial charge on any atom is 0.0720 e. The lowest BCUT2D eigenvalue weighted by Gasteiger charge is -2.41. The molecule has 1 N–H and O–H groups in total. The first kappa shape index (κ1) is 27.0. The number of hydrogen-bond acceptors (Lipinski definition) is 3. The van der Waals surface area contributed by atoms with Gasteiger partial charge < -0.3 is 15.0 Å². The van der Waals surface area contributed by atoms with E-state index in [1.807, 2.05) is 46.8 Å². The second-order valence-electron chi connectivity index (χ2n) is 7.65. The Hall–Kier alpha value is -2.00. The van der Waals surface area contributed by atoms with Gasteiger partial charge in [-0.15, -0.1) is 0 Å². The Balaban J connectivity index is 0.000000910. The number of ether oxygens (including phenoxy) is 1. The minimum atomic E-state index is 0. The minimum absolute atomic E-state index is 0. The number of nitrogens with zero attached hydrogens (tertiary/aromatic N) is 1. The summed E-state index contributed by atoms with van der Waals surface area (Å²) in [6, 6.07) is 8.00. The molecule has 3 heterocycles. The Kier molecular flexibility index (Phi) is 12.3. The highest BCUT2D eigenvalue weighted by Crippen LogP contribution is 2.43. The molecule has 1 aromatic rings. The molecule has 1 aromatic carbocycles. The van der Waals surface area contributed by atoms with Crippen LogP contribution >= 0.6 is 0 Å². The van der Waals surface area contributed by atoms with Gasteiger partial charge >= 0.3 is 0 Å². The Morgan fingerprint density at radius 1 is 1.16 bits per heavy atom. The topological polar surface area (TPSA) is 24.5 Å². The molecule has 4 rings (SSSR count). The average molecular weight is 427 g/mol. The predicted octanol–water partition coefficient (Wildman–Crippen LogP) is 7.55. The van der Waals surface area contributed by atoms with Gasteiger partial charge in [0.25, 0.3) is 0 Å². The van der Waals surface area contributed by atoms with Crippen LogP contribution in [0, 0.1) is 0 Å². The molecule has 2 bridgehead atoms. The van der Waals surface area contributed by atoms with Crippen molar-refractivity contribution in [1.82, 2.24) is 0 Å². The SMILES string of the molecule is C.C=C/C(=C\C=C/C)COC1CC2CCC(C1)N2c1cccc2c1CCN2.CC.CC. The Morgan fingerprint density at radius 3 is 2.45 bits per heavy atom. The summed E-state index contributed by atoms with van der Waals surface area (Å²) >= 11 is 0. The van der Waals surface area contributed by atoms with E-state index in [1.165, 1.54) is 29.8 Å². The van der Waals surface area contributed by atoms with Crippen molar-refractivity contribution in [2.75, 3.05) is 23.4 Å². The molecule has 2 unspecified atom stereocenters. The second kappa shape index (κ2) is 14.1. The molecule has 3 aliphatic rings. The number of rotatable bonds is 6. The minimum Gasteiger partial charge on any atom is -0.384 e. The third-order valence-corrected chi connectivity index (χ3v) is 6.06. The number of piperidine rings is 1. The zero-order valence-corrected chi connectivity index (χ0v) is 19.8. The van der Waals surface area contributed by atoms with Crippen molar-refractivity contribution < 1.29 is 4.74 Å². The number of anilines is 2. The molecule has 2 atom stereocenters. The molecule has 3 heteroatoms. The zero-order valence-electron chi connectivity index (χ0n) is 19.8. The van der Waals surface area contributed by atoms with Crippen LogP contribution in [-0.4, -0.2) is 31.3 Å². The van der Waals surface area contributed by atoms with E-state index in [9.17, 15) is 0 Å². The van der Waals surface area contributed by atoms with Gasteiger partial charge in [-0.05, 0) is 56.7 Å². The van der Waals surface area contributed by atoms with Gasteiger partial charge in [0.1, 0.15) is 0 Å². The van der Waals surface area contributed by atoms with Crippen molar-refractivity contribution in [3.8, 4) is 0 Å². The van der Waals surface area contributed by atoms with E-state index >= 15 is 0 Å². The van der Waals surface area contributed by atoms with Crippen LogP contribution in [0.4, 0.5) is 11.4 Å². The molecule has 2 saturated heterocycles. The van der Waals surface area contributed by atoms with Crippen LogP contribution in [0.2, 0.25) is 0 Å². The number of fused-ring (bicyclic) bond motifs is 3. The fraction of sp³-hybridized carbons (Fsp3) is 0.571. The third kappa shape index (κ3) is 6.49. The summed E-state index contributed by atoms with van der Waals surface area (Å²) < 4.78 is 6.28. The van der Waals surface area contributed by atoms with Crippen LogP contribution < -0.4 is 10.2 Å². The fourth-order valence-corrected chi connectivity index (χ4v) is 4.83. The van der Waals surface area contributed by atoms with Crippen LogP contribution in [0.15, 0.2) is 54.7 Å². The number of hydrogen-bond donors (Lipinski definition) is 1. The highest BCUT2D eigenvalue weighted by atomic mass is 16.5. The van der Waals surface area contributed by atoms with Gasteiger partial charge in [-0.2, -0.15) is 0 Å². The molecule has 0 spiro atoms. The van der Waals surface area contributed by atoms with Gasteiger partial charge in [0.05, 0.1) is 12.7 Å². The molecule has 2 fully saturated rings. The van der Waals surface area contributed by atoms with Crippen molar-refractivity contribution in [1.29, 1.82) is 0 Å². The highest BCUT2D eigenvalue weighted by molar-refractivity contribution is 5.70. The van der Waals surface area contributed by atoms with Gasteiger partial charge in [0.15, 0.2) is 0 Å². The molecular formula is C28H46N2O. The lowest BCUT2D eigenvalue weighted by molar-refractivity contribution is 0.0417. The molecule has 31 heavy (non-hydrogen) atoms. The van der Waals surface area contributed by atoms with Crippen LogP contribution in [0.1, 0.15) is 73.3 Å². The van der Waals surface area contributed by atoms with Gasteiger partial charge in [-0.3, -0.25) is 0 Å². The van der Waals surface area contributed by atoms with Gasteiger partial charge in [-0.25, -0.2) is 0 Å². The number of allylic oxidation sites excluding steroid dienone is 3. The van der Waals surface area contributed by atoms with E-state index < -0.39 is 0 Å². The summed E-state index contributed by atoms with van der Waals surface area (Å²) in [6.45, 7) is 15.7. The van der Waals surface area contributed by atoms with E-state index in [0.29, 0.717) is 24.8 Å². The molecule has 3 nitrogen and oxygen atoms in total. The lowest BCUT2D eigenvalue weighted by atomic mass is 9.97. The van der Waals surface area contributed by atoms with Crippen LogP contribution in [-0.2, 0) is 11.2 Å². The van der Waals surface area contributed by atoms with E-state index in [1.54, 1.807) is 0 Å². The number of benzene rings is 1. The maximum atomic E-state index is 6.28. The summed E-state index contributed by atoms with van der Waals surface area (Å²) in [5.41, 5.74) is 5.49. The summed E-state index contributed by atoms with van der Waals surface area (Å²) in [5, 5.41) is 3.52. The van der Waals surface area contributed by atoms with Gasteiger partial charge in [0.2, 0.25) is 0 Å². The van der Waals surface area contributed by atoms with Crippen molar-refractivity contribution in [3.63, 3.8) is 0 Å².